The number of hydrogen-bond acceptors (Lipinski definition) is 0. The zero-order valence-electron chi connectivity index (χ0n) is 17.6. The summed E-state index contributed by atoms with van der Waals surface area (Å²) in [6.07, 6.45) is 0. The molecule has 0 N–H and O–H groups in total. The second-order valence-electron chi connectivity index (χ2n) is 8.54. The van der Waals surface area contributed by atoms with E-state index in [4.69, 9.17) is 0 Å². The van der Waals surface area contributed by atoms with E-state index in [0.717, 1.165) is 0 Å². The Morgan fingerprint density at radius 3 is 1.76 bits per heavy atom. The summed E-state index contributed by atoms with van der Waals surface area (Å²) in [6.45, 7) is 8.85. The summed E-state index contributed by atoms with van der Waals surface area (Å²) < 4.78 is 0. The van der Waals surface area contributed by atoms with Crippen molar-refractivity contribution in [2.24, 2.45) is 0 Å². The molecule has 0 unspecified atom stereocenters. The van der Waals surface area contributed by atoms with Crippen LogP contribution in [-0.4, -0.2) is 0 Å². The van der Waals surface area contributed by atoms with E-state index in [0.29, 0.717) is 0 Å². The molecule has 4 aromatic rings. The van der Waals surface area contributed by atoms with E-state index < -0.39 is 0 Å². The van der Waals surface area contributed by atoms with Crippen molar-refractivity contribution in [3.63, 3.8) is 0 Å². The van der Waals surface area contributed by atoms with Gasteiger partial charge in [0.1, 0.15) is 0 Å². The highest BCUT2D eigenvalue weighted by atomic mass is 14.5. The van der Waals surface area contributed by atoms with Crippen LogP contribution in [0.1, 0.15) is 44.5 Å². The fourth-order valence-corrected chi connectivity index (χ4v) is 5.34. The molecule has 5 rings (SSSR count). The van der Waals surface area contributed by atoms with Crippen molar-refractivity contribution >= 4 is 0 Å². The largest absolute Gasteiger partial charge is 0.0713 e. The normalized spacial score (nSPS) is 13.8. The average molecular weight is 375 g/mol. The third kappa shape index (κ3) is 2.52. The quantitative estimate of drug-likeness (QED) is 0.304. The van der Waals surface area contributed by atoms with Gasteiger partial charge in [-0.1, -0.05) is 102 Å². The maximum absolute atomic E-state index is 2.41. The predicted octanol–water partition coefficient (Wildman–Crippen LogP) is 7.28. The number of benzene rings is 4. The van der Waals surface area contributed by atoms with Gasteiger partial charge in [0, 0.05) is 0 Å². The fraction of sp³-hybridized carbons (Fsp3) is 0.172. The van der Waals surface area contributed by atoms with Gasteiger partial charge in [-0.3, -0.25) is 0 Å². The van der Waals surface area contributed by atoms with Crippen LogP contribution in [0, 0.1) is 27.7 Å². The lowest BCUT2D eigenvalue weighted by Gasteiger charge is -2.34. The summed E-state index contributed by atoms with van der Waals surface area (Å²) in [5.74, 6) is 0. The van der Waals surface area contributed by atoms with Crippen LogP contribution in [0.5, 0.6) is 0 Å². The van der Waals surface area contributed by atoms with Gasteiger partial charge in [-0.25, -0.2) is 0 Å². The van der Waals surface area contributed by atoms with E-state index >= 15 is 0 Å². The molecule has 0 fully saturated rings. The van der Waals surface area contributed by atoms with Gasteiger partial charge < -0.3 is 0 Å². The first kappa shape index (κ1) is 17.9. The van der Waals surface area contributed by atoms with Crippen molar-refractivity contribution in [1.82, 2.24) is 0 Å². The van der Waals surface area contributed by atoms with Crippen molar-refractivity contribution in [2.45, 2.75) is 33.1 Å². The molecule has 0 aromatic heterocycles. The molecule has 0 radical (unpaired) electrons. The van der Waals surface area contributed by atoms with Crippen molar-refractivity contribution < 1.29 is 0 Å². The molecule has 0 atom stereocenters. The summed E-state index contributed by atoms with van der Waals surface area (Å²) in [5, 5.41) is 0. The fourth-order valence-electron chi connectivity index (χ4n) is 5.34. The molecule has 0 heteroatoms. The lowest BCUT2D eigenvalue weighted by molar-refractivity contribution is 0.765. The first-order valence-corrected chi connectivity index (χ1v) is 10.4. The Morgan fingerprint density at radius 1 is 0.517 bits per heavy atom. The molecule has 29 heavy (non-hydrogen) atoms. The molecule has 0 nitrogen and oxygen atoms in total. The van der Waals surface area contributed by atoms with E-state index in [2.05, 4.69) is 113 Å². The minimum Gasteiger partial charge on any atom is -0.0619 e. The minimum atomic E-state index is -0.291. The van der Waals surface area contributed by atoms with Gasteiger partial charge in [0.25, 0.3) is 0 Å². The molecule has 0 spiro atoms. The lowest BCUT2D eigenvalue weighted by atomic mass is 9.67. The number of hydrogen-bond donors (Lipinski definition) is 0. The van der Waals surface area contributed by atoms with Gasteiger partial charge in [0.15, 0.2) is 0 Å². The molecule has 142 valence electrons. The molecule has 0 amide bonds. The van der Waals surface area contributed by atoms with E-state index in [1.807, 2.05) is 0 Å². The Labute approximate surface area is 173 Å². The molecule has 0 saturated carbocycles. The van der Waals surface area contributed by atoms with E-state index in [9.17, 15) is 0 Å². The second-order valence-corrected chi connectivity index (χ2v) is 8.54. The van der Waals surface area contributed by atoms with Crippen molar-refractivity contribution in [3.8, 4) is 11.1 Å². The standard InChI is InChI=1S/C29H26/c1-19-9-7-11-23(16-19)29(24-12-8-10-20(2)17-24)26-14-6-5-13-25(26)28-22(4)15-21(3)18-27(28)29/h5-18H,1-4H3. The molecule has 0 saturated heterocycles. The highest BCUT2D eigenvalue weighted by Gasteiger charge is 2.46. The third-order valence-electron chi connectivity index (χ3n) is 6.39. The van der Waals surface area contributed by atoms with Gasteiger partial charge in [-0.2, -0.15) is 0 Å². The van der Waals surface area contributed by atoms with Crippen LogP contribution in [0.15, 0.2) is 84.9 Å². The van der Waals surface area contributed by atoms with Crippen LogP contribution in [0.4, 0.5) is 0 Å². The highest BCUT2D eigenvalue weighted by molar-refractivity contribution is 5.88. The summed E-state index contributed by atoms with van der Waals surface area (Å²) in [6, 6.07) is 31.8. The molecule has 1 aliphatic rings. The Morgan fingerprint density at radius 2 is 1.14 bits per heavy atom. The molecule has 0 bridgehead atoms. The molecule has 1 aliphatic carbocycles. The summed E-state index contributed by atoms with van der Waals surface area (Å²) in [4.78, 5) is 0. The molecular formula is C29H26. The Kier molecular flexibility index (Phi) is 3.99. The van der Waals surface area contributed by atoms with Crippen molar-refractivity contribution in [2.75, 3.05) is 0 Å². The van der Waals surface area contributed by atoms with Crippen molar-refractivity contribution in [1.29, 1.82) is 0 Å². The second kappa shape index (κ2) is 6.46. The van der Waals surface area contributed by atoms with Crippen molar-refractivity contribution in [3.05, 3.63) is 129 Å². The van der Waals surface area contributed by atoms with E-state index in [-0.39, 0.29) is 5.41 Å². The SMILES string of the molecule is Cc1cccc(C2(c3cccc(C)c3)c3ccccc3-c3c(C)cc(C)cc32)c1. The number of rotatable bonds is 2. The first-order valence-electron chi connectivity index (χ1n) is 10.4. The van der Waals surface area contributed by atoms with E-state index in [1.165, 1.54) is 55.6 Å². The predicted molar refractivity (Wildman–Crippen MR) is 123 cm³/mol. The van der Waals surface area contributed by atoms with Gasteiger partial charge >= 0.3 is 0 Å². The Hall–Kier alpha value is -3.12. The smallest absolute Gasteiger partial charge is 0.0619 e. The Balaban J connectivity index is 2.02. The van der Waals surface area contributed by atoms with Gasteiger partial charge in [-0.15, -0.1) is 0 Å². The van der Waals surface area contributed by atoms with Crippen LogP contribution < -0.4 is 0 Å². The molecular weight excluding hydrogens is 348 g/mol. The summed E-state index contributed by atoms with van der Waals surface area (Å²) >= 11 is 0. The highest BCUT2D eigenvalue weighted by Crippen LogP contribution is 2.57. The minimum absolute atomic E-state index is 0.291. The molecule has 0 heterocycles. The topological polar surface area (TPSA) is 0 Å². The van der Waals surface area contributed by atoms with Gasteiger partial charge in [0.05, 0.1) is 5.41 Å². The zero-order chi connectivity index (χ0) is 20.2. The van der Waals surface area contributed by atoms with Crippen LogP contribution in [-0.2, 0) is 5.41 Å². The zero-order valence-corrected chi connectivity index (χ0v) is 17.6. The summed E-state index contributed by atoms with van der Waals surface area (Å²) in [7, 11) is 0. The van der Waals surface area contributed by atoms with Crippen LogP contribution in [0.2, 0.25) is 0 Å². The summed E-state index contributed by atoms with van der Waals surface area (Å²) in [5.41, 5.74) is 13.2. The van der Waals surface area contributed by atoms with E-state index in [1.54, 1.807) is 0 Å². The van der Waals surface area contributed by atoms with Gasteiger partial charge in [-0.05, 0) is 66.6 Å². The lowest BCUT2D eigenvalue weighted by Crippen LogP contribution is -2.29. The molecule has 0 aliphatic heterocycles. The number of aryl methyl sites for hydroxylation is 4. The maximum Gasteiger partial charge on any atom is 0.0713 e. The maximum atomic E-state index is 2.41. The number of fused-ring (bicyclic) bond motifs is 3. The van der Waals surface area contributed by atoms with Crippen LogP contribution in [0.3, 0.4) is 0 Å². The third-order valence-corrected chi connectivity index (χ3v) is 6.39. The van der Waals surface area contributed by atoms with Crippen LogP contribution in [0.25, 0.3) is 11.1 Å². The van der Waals surface area contributed by atoms with Crippen LogP contribution >= 0.6 is 0 Å². The average Bonchev–Trinajstić information content (AvgIpc) is 2.99. The van der Waals surface area contributed by atoms with Gasteiger partial charge in [0.2, 0.25) is 0 Å². The monoisotopic (exact) mass is 374 g/mol. The first-order chi connectivity index (χ1) is 14.0. The Bertz CT molecular complexity index is 1200. The molecule has 4 aromatic carbocycles.